The van der Waals surface area contributed by atoms with Gasteiger partial charge in [0.2, 0.25) is 5.91 Å². The van der Waals surface area contributed by atoms with E-state index in [-0.39, 0.29) is 23.5 Å². The van der Waals surface area contributed by atoms with Crippen molar-refractivity contribution in [1.29, 1.82) is 0 Å². The van der Waals surface area contributed by atoms with Gasteiger partial charge < -0.3 is 15.0 Å². The normalized spacial score (nSPS) is 20.8. The van der Waals surface area contributed by atoms with E-state index in [2.05, 4.69) is 5.32 Å². The minimum absolute atomic E-state index is 0.0756. The van der Waals surface area contributed by atoms with Gasteiger partial charge in [-0.1, -0.05) is 12.1 Å². The number of hydrogen-bond acceptors (Lipinski definition) is 3. The number of carbonyl (C=O) groups excluding carboxylic acids is 2. The second kappa shape index (κ2) is 8.62. The first-order chi connectivity index (χ1) is 11.1. The zero-order valence-electron chi connectivity index (χ0n) is 13.4. The van der Waals surface area contributed by atoms with Crippen LogP contribution in [0.3, 0.4) is 0 Å². The largest absolute Gasteiger partial charge is 0.466 e. The van der Waals surface area contributed by atoms with Gasteiger partial charge >= 0.3 is 5.97 Å². The van der Waals surface area contributed by atoms with Crippen molar-refractivity contribution in [3.05, 3.63) is 30.1 Å². The summed E-state index contributed by atoms with van der Waals surface area (Å²) in [7, 11) is 0. The summed E-state index contributed by atoms with van der Waals surface area (Å²) in [4.78, 5) is 25.0. The summed E-state index contributed by atoms with van der Waals surface area (Å²) >= 11 is 0. The predicted octanol–water partition coefficient (Wildman–Crippen LogP) is 1.01. The lowest BCUT2D eigenvalue weighted by atomic mass is 9.98. The Hall–Kier alpha value is -1.95. The van der Waals surface area contributed by atoms with E-state index in [0.29, 0.717) is 26.1 Å². The summed E-state index contributed by atoms with van der Waals surface area (Å²) < 4.78 is 18.6. The van der Waals surface area contributed by atoms with Crippen LogP contribution in [-0.4, -0.2) is 38.1 Å². The fourth-order valence-corrected chi connectivity index (χ4v) is 2.90. The Labute approximate surface area is 135 Å². The summed E-state index contributed by atoms with van der Waals surface area (Å²) in [6.07, 6.45) is 2.11. The van der Waals surface area contributed by atoms with Crippen LogP contribution in [0.1, 0.15) is 26.2 Å². The van der Waals surface area contributed by atoms with Crippen molar-refractivity contribution in [2.24, 2.45) is 5.92 Å². The number of anilines is 1. The van der Waals surface area contributed by atoms with E-state index >= 15 is 0 Å². The molecule has 2 rings (SSSR count). The SMILES string of the molecule is CCOC(=O)[C@@H]1CCC[NH+](CCC(=O)Nc2ccccc2F)C1. The van der Waals surface area contributed by atoms with Gasteiger partial charge in [-0.2, -0.15) is 0 Å². The minimum Gasteiger partial charge on any atom is -0.466 e. The monoisotopic (exact) mass is 323 g/mol. The zero-order chi connectivity index (χ0) is 16.7. The number of halogens is 1. The molecule has 1 unspecified atom stereocenters. The minimum atomic E-state index is -0.437. The lowest BCUT2D eigenvalue weighted by Crippen LogP contribution is -3.13. The molecule has 23 heavy (non-hydrogen) atoms. The first-order valence-electron chi connectivity index (χ1n) is 8.14. The van der Waals surface area contributed by atoms with Crippen LogP contribution in [-0.2, 0) is 14.3 Å². The van der Waals surface area contributed by atoms with Gasteiger partial charge in [0.25, 0.3) is 0 Å². The van der Waals surface area contributed by atoms with Crippen LogP contribution in [0.15, 0.2) is 24.3 Å². The Balaban J connectivity index is 1.77. The van der Waals surface area contributed by atoms with Gasteiger partial charge in [0.1, 0.15) is 11.7 Å². The van der Waals surface area contributed by atoms with E-state index in [1.54, 1.807) is 19.1 Å². The Morgan fingerprint density at radius 1 is 1.39 bits per heavy atom. The molecule has 126 valence electrons. The van der Waals surface area contributed by atoms with E-state index < -0.39 is 5.82 Å². The number of rotatable bonds is 6. The fraction of sp³-hybridized carbons (Fsp3) is 0.529. The maximum Gasteiger partial charge on any atom is 0.314 e. The van der Waals surface area contributed by atoms with E-state index in [1.165, 1.54) is 17.0 Å². The number of hydrogen-bond donors (Lipinski definition) is 2. The van der Waals surface area contributed by atoms with Crippen LogP contribution in [0.2, 0.25) is 0 Å². The molecule has 0 bridgehead atoms. The van der Waals surface area contributed by atoms with Crippen LogP contribution in [0.5, 0.6) is 0 Å². The molecule has 0 saturated carbocycles. The number of ether oxygens (including phenoxy) is 1. The fourth-order valence-electron chi connectivity index (χ4n) is 2.90. The molecule has 1 saturated heterocycles. The molecule has 5 nitrogen and oxygen atoms in total. The number of para-hydroxylation sites is 1. The first-order valence-corrected chi connectivity index (χ1v) is 8.14. The molecule has 6 heteroatoms. The maximum absolute atomic E-state index is 13.5. The van der Waals surface area contributed by atoms with E-state index in [9.17, 15) is 14.0 Å². The van der Waals surface area contributed by atoms with Crippen molar-refractivity contribution in [3.63, 3.8) is 0 Å². The number of piperidine rings is 1. The molecule has 1 aromatic rings. The molecule has 1 heterocycles. The van der Waals surface area contributed by atoms with Gasteiger partial charge in [-0.25, -0.2) is 4.39 Å². The van der Waals surface area contributed by atoms with Crippen molar-refractivity contribution in [2.75, 3.05) is 31.6 Å². The Kier molecular flexibility index (Phi) is 6.52. The highest BCUT2D eigenvalue weighted by atomic mass is 19.1. The Bertz CT molecular complexity index is 550. The number of quaternary nitrogens is 1. The summed E-state index contributed by atoms with van der Waals surface area (Å²) in [5.41, 5.74) is 0.204. The van der Waals surface area contributed by atoms with Gasteiger partial charge in [0.05, 0.1) is 38.3 Å². The molecule has 0 aromatic heterocycles. The van der Waals surface area contributed by atoms with Gasteiger partial charge in [0, 0.05) is 0 Å². The van der Waals surface area contributed by atoms with Gasteiger partial charge in [0.15, 0.2) is 0 Å². The number of likely N-dealkylation sites (tertiary alicyclic amines) is 1. The van der Waals surface area contributed by atoms with Gasteiger partial charge in [-0.05, 0) is 31.9 Å². The third-order valence-electron chi connectivity index (χ3n) is 4.09. The molecule has 2 N–H and O–H groups in total. The number of carbonyl (C=O) groups is 2. The van der Waals surface area contributed by atoms with Gasteiger partial charge in [-0.3, -0.25) is 9.59 Å². The number of benzene rings is 1. The summed E-state index contributed by atoms with van der Waals surface area (Å²) in [5.74, 6) is -0.858. The van der Waals surface area contributed by atoms with Crippen molar-refractivity contribution in [2.45, 2.75) is 26.2 Å². The third kappa shape index (κ3) is 5.32. The highest BCUT2D eigenvalue weighted by Gasteiger charge is 2.29. The molecule has 0 spiro atoms. The number of nitrogens with one attached hydrogen (secondary N) is 2. The topological polar surface area (TPSA) is 59.8 Å². The second-order valence-electron chi connectivity index (χ2n) is 5.82. The number of esters is 1. The molecule has 1 amide bonds. The lowest BCUT2D eigenvalue weighted by molar-refractivity contribution is -0.906. The summed E-state index contributed by atoms with van der Waals surface area (Å²) in [5, 5.41) is 2.59. The lowest BCUT2D eigenvalue weighted by Gasteiger charge is -2.28. The van der Waals surface area contributed by atoms with Crippen molar-refractivity contribution in [1.82, 2.24) is 0 Å². The molecule has 0 aliphatic carbocycles. The molecule has 1 aliphatic heterocycles. The highest BCUT2D eigenvalue weighted by molar-refractivity contribution is 5.90. The Morgan fingerprint density at radius 2 is 2.17 bits per heavy atom. The van der Waals surface area contributed by atoms with Crippen molar-refractivity contribution in [3.8, 4) is 0 Å². The molecule has 1 fully saturated rings. The van der Waals surface area contributed by atoms with Crippen LogP contribution in [0.4, 0.5) is 10.1 Å². The third-order valence-corrected chi connectivity index (χ3v) is 4.09. The van der Waals surface area contributed by atoms with Crippen molar-refractivity contribution < 1.29 is 23.6 Å². The van der Waals surface area contributed by atoms with E-state index in [0.717, 1.165) is 19.4 Å². The van der Waals surface area contributed by atoms with Crippen LogP contribution >= 0.6 is 0 Å². The van der Waals surface area contributed by atoms with Gasteiger partial charge in [-0.15, -0.1) is 0 Å². The van der Waals surface area contributed by atoms with E-state index in [4.69, 9.17) is 4.74 Å². The molecular weight excluding hydrogens is 299 g/mol. The quantitative estimate of drug-likeness (QED) is 0.768. The van der Waals surface area contributed by atoms with Crippen LogP contribution in [0, 0.1) is 11.7 Å². The highest BCUT2D eigenvalue weighted by Crippen LogP contribution is 2.12. The second-order valence-corrected chi connectivity index (χ2v) is 5.82. The average Bonchev–Trinajstić information content (AvgIpc) is 2.56. The van der Waals surface area contributed by atoms with Crippen LogP contribution in [0.25, 0.3) is 0 Å². The first kappa shape index (κ1) is 17.4. The molecular formula is C17H24FN2O3+. The standard InChI is InChI=1S/C17H23FN2O3/c1-2-23-17(22)13-6-5-10-20(12-13)11-9-16(21)19-15-8-4-3-7-14(15)18/h3-4,7-8,13H,2,5-6,9-12H2,1H3,(H,19,21)/p+1/t13-/m1/s1. The van der Waals surface area contributed by atoms with E-state index in [1.807, 2.05) is 0 Å². The Morgan fingerprint density at radius 3 is 2.91 bits per heavy atom. The summed E-state index contributed by atoms with van der Waals surface area (Å²) in [6.45, 7) is 4.49. The molecule has 0 radical (unpaired) electrons. The predicted molar refractivity (Wildman–Crippen MR) is 84.6 cm³/mol. The van der Waals surface area contributed by atoms with Crippen LogP contribution < -0.4 is 10.2 Å². The van der Waals surface area contributed by atoms with Crippen molar-refractivity contribution >= 4 is 17.6 Å². The molecule has 1 aromatic carbocycles. The smallest absolute Gasteiger partial charge is 0.314 e. The number of amides is 1. The summed E-state index contributed by atoms with van der Waals surface area (Å²) in [6, 6.07) is 6.12. The molecule has 2 atom stereocenters. The average molecular weight is 323 g/mol. The molecule has 1 aliphatic rings. The maximum atomic E-state index is 13.5. The zero-order valence-corrected chi connectivity index (χ0v) is 13.4.